The second-order valence-corrected chi connectivity index (χ2v) is 7.53. The van der Waals surface area contributed by atoms with Gasteiger partial charge in [0.15, 0.2) is 0 Å². The van der Waals surface area contributed by atoms with Gasteiger partial charge in [0.2, 0.25) is 5.76 Å². The van der Waals surface area contributed by atoms with E-state index in [1.165, 1.54) is 0 Å². The Balaban J connectivity index is 1.38. The van der Waals surface area contributed by atoms with Crippen LogP contribution >= 0.6 is 0 Å². The maximum absolute atomic E-state index is 12.6. The predicted octanol–water partition coefficient (Wildman–Crippen LogP) is 2.05. The van der Waals surface area contributed by atoms with Crippen LogP contribution in [0.25, 0.3) is 0 Å². The van der Waals surface area contributed by atoms with Crippen LogP contribution in [0.2, 0.25) is 0 Å². The lowest BCUT2D eigenvalue weighted by molar-refractivity contribution is 0.0512. The Labute approximate surface area is 159 Å². The second-order valence-electron chi connectivity index (χ2n) is 7.53. The van der Waals surface area contributed by atoms with E-state index in [1.807, 2.05) is 30.5 Å². The number of likely N-dealkylation sites (tertiary alicyclic amines) is 2. The zero-order chi connectivity index (χ0) is 18.6. The number of hydrogen-bond acceptors (Lipinski definition) is 6. The van der Waals surface area contributed by atoms with Crippen molar-refractivity contribution >= 4 is 5.91 Å². The van der Waals surface area contributed by atoms with Gasteiger partial charge in [-0.1, -0.05) is 11.2 Å². The van der Waals surface area contributed by atoms with Gasteiger partial charge in [0, 0.05) is 44.4 Å². The molecule has 2 fully saturated rings. The van der Waals surface area contributed by atoms with Gasteiger partial charge in [-0.25, -0.2) is 0 Å². The van der Waals surface area contributed by atoms with Crippen LogP contribution in [0.4, 0.5) is 0 Å². The van der Waals surface area contributed by atoms with Crippen LogP contribution in [0.1, 0.15) is 53.5 Å². The molecule has 1 atom stereocenters. The number of aliphatic hydroxyl groups is 1. The zero-order valence-corrected chi connectivity index (χ0v) is 15.5. The molecular weight excluding hydrogens is 344 g/mol. The highest BCUT2D eigenvalue weighted by molar-refractivity contribution is 5.91. The van der Waals surface area contributed by atoms with Crippen LogP contribution in [-0.2, 0) is 6.54 Å². The molecule has 27 heavy (non-hydrogen) atoms. The van der Waals surface area contributed by atoms with E-state index in [1.54, 1.807) is 4.90 Å². The van der Waals surface area contributed by atoms with Gasteiger partial charge in [0.05, 0.1) is 17.5 Å². The molecule has 2 aliphatic heterocycles. The summed E-state index contributed by atoms with van der Waals surface area (Å²) >= 11 is 0. The number of aliphatic hydroxyl groups excluding tert-OH is 1. The minimum absolute atomic E-state index is 0.123. The third kappa shape index (κ3) is 4.36. The van der Waals surface area contributed by atoms with E-state index in [0.29, 0.717) is 31.7 Å². The minimum Gasteiger partial charge on any atom is -0.393 e. The standard InChI is InChI=1S/C20H26N4O3/c25-17-6-10-24(11-7-17)20(26)19-12-18(22-27-19)15-4-3-9-23(13-15)14-16-5-1-2-8-21-16/h1-2,5,8,12,15,17,25H,3-4,6-7,9-11,13-14H2. The van der Waals surface area contributed by atoms with E-state index >= 15 is 0 Å². The smallest absolute Gasteiger partial charge is 0.292 e. The summed E-state index contributed by atoms with van der Waals surface area (Å²) in [4.78, 5) is 21.1. The van der Waals surface area contributed by atoms with Crippen molar-refractivity contribution in [3.05, 3.63) is 47.6 Å². The number of carbonyl (C=O) groups excluding carboxylic acids is 1. The molecule has 7 nitrogen and oxygen atoms in total. The lowest BCUT2D eigenvalue weighted by Crippen LogP contribution is -2.39. The molecule has 0 saturated carbocycles. The van der Waals surface area contributed by atoms with Gasteiger partial charge in [0.1, 0.15) is 0 Å². The van der Waals surface area contributed by atoms with Crippen LogP contribution in [-0.4, -0.2) is 63.2 Å². The van der Waals surface area contributed by atoms with Crippen molar-refractivity contribution < 1.29 is 14.4 Å². The Kier molecular flexibility index (Phi) is 5.50. The number of pyridine rings is 1. The molecule has 4 heterocycles. The molecule has 2 aromatic rings. The highest BCUT2D eigenvalue weighted by Gasteiger charge is 2.28. The van der Waals surface area contributed by atoms with E-state index in [0.717, 1.165) is 43.9 Å². The highest BCUT2D eigenvalue weighted by Crippen LogP contribution is 2.28. The Bertz CT molecular complexity index is 756. The van der Waals surface area contributed by atoms with Gasteiger partial charge >= 0.3 is 0 Å². The molecule has 1 unspecified atom stereocenters. The van der Waals surface area contributed by atoms with Crippen molar-refractivity contribution in [2.75, 3.05) is 26.2 Å². The first-order chi connectivity index (χ1) is 13.2. The molecule has 4 rings (SSSR count). The third-order valence-electron chi connectivity index (χ3n) is 5.53. The van der Waals surface area contributed by atoms with Gasteiger partial charge in [-0.05, 0) is 44.4 Å². The molecule has 7 heteroatoms. The van der Waals surface area contributed by atoms with Crippen molar-refractivity contribution in [3.63, 3.8) is 0 Å². The van der Waals surface area contributed by atoms with Crippen molar-refractivity contribution in [2.45, 2.75) is 44.2 Å². The van der Waals surface area contributed by atoms with Gasteiger partial charge in [-0.3, -0.25) is 14.7 Å². The van der Waals surface area contributed by atoms with E-state index < -0.39 is 0 Å². The maximum Gasteiger partial charge on any atom is 0.292 e. The summed E-state index contributed by atoms with van der Waals surface area (Å²) in [6.07, 6.45) is 4.92. The summed E-state index contributed by atoms with van der Waals surface area (Å²) in [6, 6.07) is 7.80. The van der Waals surface area contributed by atoms with Crippen LogP contribution in [0.15, 0.2) is 35.0 Å². The Morgan fingerprint density at radius 2 is 2.07 bits per heavy atom. The fourth-order valence-corrected chi connectivity index (χ4v) is 3.97. The first-order valence-corrected chi connectivity index (χ1v) is 9.75. The SMILES string of the molecule is O=C(c1cc(C2CCCN(Cc3ccccn3)C2)no1)N1CCC(O)CC1. The van der Waals surface area contributed by atoms with Crippen LogP contribution in [0.3, 0.4) is 0 Å². The molecule has 144 valence electrons. The highest BCUT2D eigenvalue weighted by atomic mass is 16.5. The first kappa shape index (κ1) is 18.1. The summed E-state index contributed by atoms with van der Waals surface area (Å²) in [7, 11) is 0. The van der Waals surface area contributed by atoms with Gasteiger partial charge in [-0.2, -0.15) is 0 Å². The van der Waals surface area contributed by atoms with Crippen molar-refractivity contribution in [1.82, 2.24) is 19.9 Å². The Morgan fingerprint density at radius 1 is 1.22 bits per heavy atom. The lowest BCUT2D eigenvalue weighted by atomic mass is 9.94. The number of amides is 1. The van der Waals surface area contributed by atoms with Crippen molar-refractivity contribution in [3.8, 4) is 0 Å². The number of carbonyl (C=O) groups is 1. The number of piperidine rings is 2. The molecule has 1 amide bonds. The minimum atomic E-state index is -0.299. The van der Waals surface area contributed by atoms with Crippen LogP contribution < -0.4 is 0 Å². The van der Waals surface area contributed by atoms with E-state index in [2.05, 4.69) is 15.0 Å². The van der Waals surface area contributed by atoms with Crippen LogP contribution in [0.5, 0.6) is 0 Å². The molecule has 0 bridgehead atoms. The number of rotatable bonds is 4. The summed E-state index contributed by atoms with van der Waals surface area (Å²) in [6.45, 7) is 3.91. The molecule has 0 radical (unpaired) electrons. The molecular formula is C20H26N4O3. The fraction of sp³-hybridized carbons (Fsp3) is 0.550. The molecule has 0 aliphatic carbocycles. The monoisotopic (exact) mass is 370 g/mol. The van der Waals surface area contributed by atoms with Gasteiger partial charge < -0.3 is 14.5 Å². The summed E-state index contributed by atoms with van der Waals surface area (Å²) in [5.41, 5.74) is 1.93. The first-order valence-electron chi connectivity index (χ1n) is 9.75. The van der Waals surface area contributed by atoms with E-state index in [4.69, 9.17) is 4.52 Å². The number of nitrogens with zero attached hydrogens (tertiary/aromatic N) is 4. The van der Waals surface area contributed by atoms with E-state index in [-0.39, 0.29) is 17.9 Å². The second kappa shape index (κ2) is 8.19. The fourth-order valence-electron chi connectivity index (χ4n) is 3.97. The topological polar surface area (TPSA) is 82.7 Å². The lowest BCUT2D eigenvalue weighted by Gasteiger charge is -2.31. The largest absolute Gasteiger partial charge is 0.393 e. The van der Waals surface area contributed by atoms with Crippen LogP contribution in [0, 0.1) is 0 Å². The summed E-state index contributed by atoms with van der Waals surface area (Å²) < 4.78 is 5.38. The average Bonchev–Trinajstić information content (AvgIpc) is 3.19. The van der Waals surface area contributed by atoms with Gasteiger partial charge in [0.25, 0.3) is 5.91 Å². The molecule has 2 saturated heterocycles. The predicted molar refractivity (Wildman–Crippen MR) is 99.1 cm³/mol. The molecule has 1 N–H and O–H groups in total. The third-order valence-corrected chi connectivity index (χ3v) is 5.53. The summed E-state index contributed by atoms with van der Waals surface area (Å²) in [5.74, 6) is 0.459. The Hall–Kier alpha value is -2.25. The van der Waals surface area contributed by atoms with Crippen molar-refractivity contribution in [2.24, 2.45) is 0 Å². The van der Waals surface area contributed by atoms with Gasteiger partial charge in [-0.15, -0.1) is 0 Å². The number of hydrogen-bond donors (Lipinski definition) is 1. The quantitative estimate of drug-likeness (QED) is 0.887. The molecule has 2 aliphatic rings. The molecule has 0 aromatic carbocycles. The Morgan fingerprint density at radius 3 is 2.85 bits per heavy atom. The normalized spacial score (nSPS) is 22.1. The number of aromatic nitrogens is 2. The average molecular weight is 370 g/mol. The summed E-state index contributed by atoms with van der Waals surface area (Å²) in [5, 5.41) is 13.8. The van der Waals surface area contributed by atoms with E-state index in [9.17, 15) is 9.90 Å². The van der Waals surface area contributed by atoms with Crippen molar-refractivity contribution in [1.29, 1.82) is 0 Å². The maximum atomic E-state index is 12.6. The molecule has 0 spiro atoms. The molecule has 2 aromatic heterocycles. The zero-order valence-electron chi connectivity index (χ0n) is 15.5.